The van der Waals surface area contributed by atoms with Gasteiger partial charge in [-0.1, -0.05) is 25.5 Å². The van der Waals surface area contributed by atoms with Crippen molar-refractivity contribution in [2.75, 3.05) is 19.6 Å². The fraction of sp³-hybridized carbons (Fsp3) is 0.667. The molecule has 1 N–H and O–H groups in total. The molecule has 1 aromatic rings. The summed E-state index contributed by atoms with van der Waals surface area (Å²) in [7, 11) is 0. The average Bonchev–Trinajstić information content (AvgIpc) is 2.79. The third-order valence-corrected chi connectivity index (χ3v) is 4.23. The van der Waals surface area contributed by atoms with E-state index in [0.29, 0.717) is 5.92 Å². The Balaban J connectivity index is 1.77. The second kappa shape index (κ2) is 7.17. The van der Waals surface area contributed by atoms with E-state index in [1.165, 1.54) is 29.2 Å². The SMILES string of the molecule is CC1=CCN(Cc2csc(CNCC(C)C)n2)CC1. The van der Waals surface area contributed by atoms with Gasteiger partial charge in [0.2, 0.25) is 0 Å². The van der Waals surface area contributed by atoms with Crippen molar-refractivity contribution in [2.24, 2.45) is 5.92 Å². The molecule has 1 aliphatic rings. The van der Waals surface area contributed by atoms with E-state index in [4.69, 9.17) is 4.98 Å². The highest BCUT2D eigenvalue weighted by atomic mass is 32.1. The lowest BCUT2D eigenvalue weighted by atomic mass is 10.1. The first-order chi connectivity index (χ1) is 9.13. The fourth-order valence-corrected chi connectivity index (χ4v) is 2.91. The smallest absolute Gasteiger partial charge is 0.107 e. The fourth-order valence-electron chi connectivity index (χ4n) is 2.16. The standard InChI is InChI=1S/C15H25N3S/c1-12(2)8-16-9-15-17-14(11-19-15)10-18-6-4-13(3)5-7-18/h4,11-12,16H,5-10H2,1-3H3. The Hall–Kier alpha value is -0.710. The highest BCUT2D eigenvalue weighted by Gasteiger charge is 2.11. The van der Waals surface area contributed by atoms with E-state index in [-0.39, 0.29) is 0 Å². The van der Waals surface area contributed by atoms with Crippen LogP contribution in [-0.4, -0.2) is 29.5 Å². The highest BCUT2D eigenvalue weighted by Crippen LogP contribution is 2.15. The van der Waals surface area contributed by atoms with Crippen LogP contribution in [0.2, 0.25) is 0 Å². The van der Waals surface area contributed by atoms with Crippen molar-refractivity contribution in [3.8, 4) is 0 Å². The van der Waals surface area contributed by atoms with Crippen molar-refractivity contribution in [1.29, 1.82) is 0 Å². The van der Waals surface area contributed by atoms with Gasteiger partial charge in [-0.15, -0.1) is 11.3 Å². The van der Waals surface area contributed by atoms with Gasteiger partial charge in [-0.25, -0.2) is 4.98 Å². The first-order valence-corrected chi connectivity index (χ1v) is 8.03. The topological polar surface area (TPSA) is 28.2 Å². The molecule has 0 unspecified atom stereocenters. The van der Waals surface area contributed by atoms with E-state index in [1.54, 1.807) is 11.3 Å². The van der Waals surface area contributed by atoms with Gasteiger partial charge in [0.05, 0.1) is 5.69 Å². The summed E-state index contributed by atoms with van der Waals surface area (Å²) in [5, 5.41) is 6.86. The molecule has 106 valence electrons. The van der Waals surface area contributed by atoms with E-state index < -0.39 is 0 Å². The summed E-state index contributed by atoms with van der Waals surface area (Å²) < 4.78 is 0. The van der Waals surface area contributed by atoms with E-state index >= 15 is 0 Å². The first kappa shape index (κ1) is 14.7. The van der Waals surface area contributed by atoms with Gasteiger partial charge in [0.15, 0.2) is 0 Å². The second-order valence-corrected chi connectivity index (χ2v) is 6.74. The summed E-state index contributed by atoms with van der Waals surface area (Å²) in [5.74, 6) is 0.697. The number of rotatable bonds is 6. The van der Waals surface area contributed by atoms with E-state index in [9.17, 15) is 0 Å². The Kier molecular flexibility index (Phi) is 5.55. The summed E-state index contributed by atoms with van der Waals surface area (Å²) in [4.78, 5) is 7.18. The molecule has 2 rings (SSSR count). The Bertz CT molecular complexity index is 423. The molecule has 0 saturated carbocycles. The molecule has 0 fully saturated rings. The van der Waals surface area contributed by atoms with Crippen LogP contribution in [0.25, 0.3) is 0 Å². The minimum Gasteiger partial charge on any atom is -0.310 e. The van der Waals surface area contributed by atoms with Crippen LogP contribution in [0.3, 0.4) is 0 Å². The monoisotopic (exact) mass is 279 g/mol. The zero-order chi connectivity index (χ0) is 13.7. The number of nitrogens with zero attached hydrogens (tertiary/aromatic N) is 2. The molecule has 0 amide bonds. The minimum atomic E-state index is 0.697. The Morgan fingerprint density at radius 3 is 3.00 bits per heavy atom. The lowest BCUT2D eigenvalue weighted by molar-refractivity contribution is 0.283. The van der Waals surface area contributed by atoms with Gasteiger partial charge < -0.3 is 5.32 Å². The first-order valence-electron chi connectivity index (χ1n) is 7.15. The molecule has 0 aliphatic carbocycles. The predicted molar refractivity (Wildman–Crippen MR) is 82.3 cm³/mol. The zero-order valence-corrected chi connectivity index (χ0v) is 13.1. The quantitative estimate of drug-likeness (QED) is 0.811. The maximum atomic E-state index is 4.71. The molecule has 0 spiro atoms. The van der Waals surface area contributed by atoms with Gasteiger partial charge in [-0.2, -0.15) is 0 Å². The zero-order valence-electron chi connectivity index (χ0n) is 12.3. The van der Waals surface area contributed by atoms with Gasteiger partial charge in [0, 0.05) is 31.6 Å². The van der Waals surface area contributed by atoms with Crippen LogP contribution in [0.15, 0.2) is 17.0 Å². The second-order valence-electron chi connectivity index (χ2n) is 5.79. The molecule has 0 saturated heterocycles. The third kappa shape index (κ3) is 5.05. The Morgan fingerprint density at radius 1 is 1.47 bits per heavy atom. The molecule has 0 aromatic carbocycles. The summed E-state index contributed by atoms with van der Waals surface area (Å²) in [5.41, 5.74) is 2.74. The van der Waals surface area contributed by atoms with Crippen molar-refractivity contribution in [1.82, 2.24) is 15.2 Å². The summed E-state index contributed by atoms with van der Waals surface area (Å²) in [6.45, 7) is 11.9. The van der Waals surface area contributed by atoms with Crippen LogP contribution < -0.4 is 5.32 Å². The van der Waals surface area contributed by atoms with Crippen LogP contribution in [0, 0.1) is 5.92 Å². The highest BCUT2D eigenvalue weighted by molar-refractivity contribution is 7.09. The van der Waals surface area contributed by atoms with Crippen molar-refractivity contribution in [2.45, 2.75) is 40.3 Å². The molecule has 1 aliphatic heterocycles. The maximum absolute atomic E-state index is 4.71. The largest absolute Gasteiger partial charge is 0.310 e. The van der Waals surface area contributed by atoms with Crippen LogP contribution in [0.5, 0.6) is 0 Å². The Labute approximate surface area is 120 Å². The molecule has 0 atom stereocenters. The van der Waals surface area contributed by atoms with Crippen LogP contribution in [0.1, 0.15) is 37.9 Å². The van der Waals surface area contributed by atoms with Crippen LogP contribution in [0.4, 0.5) is 0 Å². The lowest BCUT2D eigenvalue weighted by Gasteiger charge is -2.24. The van der Waals surface area contributed by atoms with E-state index in [0.717, 1.165) is 26.2 Å². The van der Waals surface area contributed by atoms with Gasteiger partial charge in [0.1, 0.15) is 5.01 Å². The number of aromatic nitrogens is 1. The maximum Gasteiger partial charge on any atom is 0.107 e. The van der Waals surface area contributed by atoms with Gasteiger partial charge in [-0.05, 0) is 25.8 Å². The normalized spacial score (nSPS) is 16.9. The van der Waals surface area contributed by atoms with Crippen molar-refractivity contribution >= 4 is 11.3 Å². The van der Waals surface area contributed by atoms with Gasteiger partial charge >= 0.3 is 0 Å². The van der Waals surface area contributed by atoms with Crippen molar-refractivity contribution < 1.29 is 0 Å². The predicted octanol–water partition coefficient (Wildman–Crippen LogP) is 3.04. The lowest BCUT2D eigenvalue weighted by Crippen LogP contribution is -2.28. The Morgan fingerprint density at radius 2 is 2.32 bits per heavy atom. The van der Waals surface area contributed by atoms with E-state index in [1.807, 2.05) is 0 Å². The summed E-state index contributed by atoms with van der Waals surface area (Å²) in [6, 6.07) is 0. The molecule has 0 bridgehead atoms. The van der Waals surface area contributed by atoms with Gasteiger partial charge in [0.25, 0.3) is 0 Å². The average molecular weight is 279 g/mol. The molecule has 4 heteroatoms. The molecular weight excluding hydrogens is 254 g/mol. The van der Waals surface area contributed by atoms with Crippen LogP contribution in [-0.2, 0) is 13.1 Å². The number of thiazole rings is 1. The summed E-state index contributed by atoms with van der Waals surface area (Å²) >= 11 is 1.77. The molecule has 1 aromatic heterocycles. The summed E-state index contributed by atoms with van der Waals surface area (Å²) in [6.07, 6.45) is 3.54. The number of nitrogens with one attached hydrogen (secondary N) is 1. The van der Waals surface area contributed by atoms with Crippen molar-refractivity contribution in [3.05, 3.63) is 27.7 Å². The van der Waals surface area contributed by atoms with Crippen molar-refractivity contribution in [3.63, 3.8) is 0 Å². The van der Waals surface area contributed by atoms with Gasteiger partial charge in [-0.3, -0.25) is 4.90 Å². The van der Waals surface area contributed by atoms with E-state index in [2.05, 4.69) is 42.4 Å². The number of hydrogen-bond donors (Lipinski definition) is 1. The molecular formula is C15H25N3S. The van der Waals surface area contributed by atoms with Crippen LogP contribution >= 0.6 is 11.3 Å². The molecule has 3 nitrogen and oxygen atoms in total. The molecule has 0 radical (unpaired) electrons. The minimum absolute atomic E-state index is 0.697. The molecule has 2 heterocycles. The number of hydrogen-bond acceptors (Lipinski definition) is 4. The third-order valence-electron chi connectivity index (χ3n) is 3.33. The molecule has 19 heavy (non-hydrogen) atoms.